The number of amides is 4. The average molecular weight is 366 g/mol. The lowest BCUT2D eigenvalue weighted by Crippen LogP contribution is -2.40. The van der Waals surface area contributed by atoms with E-state index in [9.17, 15) is 14.4 Å². The molecule has 1 aliphatic heterocycles. The summed E-state index contributed by atoms with van der Waals surface area (Å²) in [5.74, 6) is -0.323. The maximum Gasteiger partial charge on any atom is 0.325 e. The number of anilines is 1. The van der Waals surface area contributed by atoms with Gasteiger partial charge in [0.05, 0.1) is 6.54 Å². The van der Waals surface area contributed by atoms with Crippen LogP contribution >= 0.6 is 0 Å². The molecule has 0 unspecified atom stereocenters. The molecule has 140 valence electrons. The summed E-state index contributed by atoms with van der Waals surface area (Å²) in [6.45, 7) is 3.56. The van der Waals surface area contributed by atoms with Gasteiger partial charge in [-0.3, -0.25) is 19.5 Å². The Labute approximate surface area is 157 Å². The summed E-state index contributed by atoms with van der Waals surface area (Å²) < 4.78 is 0. The van der Waals surface area contributed by atoms with Crippen LogP contribution in [0, 0.1) is 0 Å². The molecule has 0 aliphatic carbocycles. The fraction of sp³-hybridized carbons (Fsp3) is 0.300. The highest BCUT2D eigenvalue weighted by molar-refractivity contribution is 6.06. The molecule has 1 aromatic heterocycles. The second-order valence-electron chi connectivity index (χ2n) is 7.05. The van der Waals surface area contributed by atoms with Crippen LogP contribution in [0.2, 0.25) is 0 Å². The third-order valence-corrected chi connectivity index (χ3v) is 4.41. The van der Waals surface area contributed by atoms with Gasteiger partial charge in [-0.1, -0.05) is 12.1 Å². The summed E-state index contributed by atoms with van der Waals surface area (Å²) in [6.07, 6.45) is 4.44. The summed E-state index contributed by atoms with van der Waals surface area (Å²) in [7, 11) is 0. The first-order valence-corrected chi connectivity index (χ1v) is 8.77. The van der Waals surface area contributed by atoms with Crippen LogP contribution in [0.15, 0.2) is 48.8 Å². The molecule has 0 atom stereocenters. The van der Waals surface area contributed by atoms with E-state index in [0.717, 1.165) is 11.1 Å². The fourth-order valence-corrected chi connectivity index (χ4v) is 2.87. The van der Waals surface area contributed by atoms with E-state index in [0.29, 0.717) is 18.5 Å². The largest absolute Gasteiger partial charge is 0.326 e. The number of carbonyl (C=O) groups is 3. The molecule has 7 heteroatoms. The van der Waals surface area contributed by atoms with Gasteiger partial charge in [-0.15, -0.1) is 0 Å². The van der Waals surface area contributed by atoms with Crippen LogP contribution in [-0.4, -0.2) is 33.3 Å². The van der Waals surface area contributed by atoms with Crippen LogP contribution in [-0.2, 0) is 22.6 Å². The zero-order valence-corrected chi connectivity index (χ0v) is 15.4. The SMILES string of the molecule is CC1(C)NC(=O)N(Cc2ccc(NC(=O)CCc3ccncc3)cc2)C1=O. The minimum atomic E-state index is -0.875. The number of rotatable bonds is 6. The minimum absolute atomic E-state index is 0.0737. The van der Waals surface area contributed by atoms with Crippen molar-refractivity contribution >= 4 is 23.5 Å². The molecule has 4 amide bonds. The number of carbonyl (C=O) groups excluding carboxylic acids is 3. The number of hydrogen-bond acceptors (Lipinski definition) is 4. The predicted octanol–water partition coefficient (Wildman–Crippen LogP) is 2.48. The summed E-state index contributed by atoms with van der Waals surface area (Å²) in [4.78, 5) is 41.4. The number of nitrogens with zero attached hydrogens (tertiary/aromatic N) is 2. The smallest absolute Gasteiger partial charge is 0.325 e. The number of aromatic nitrogens is 1. The summed E-state index contributed by atoms with van der Waals surface area (Å²) >= 11 is 0. The second kappa shape index (κ2) is 7.57. The maximum absolute atomic E-state index is 12.2. The van der Waals surface area contributed by atoms with E-state index in [2.05, 4.69) is 15.6 Å². The summed E-state index contributed by atoms with van der Waals surface area (Å²) in [6, 6.07) is 10.5. The van der Waals surface area contributed by atoms with E-state index in [1.54, 1.807) is 50.5 Å². The molecule has 2 aromatic rings. The Balaban J connectivity index is 1.53. The normalized spacial score (nSPS) is 15.6. The Kier molecular flexibility index (Phi) is 5.21. The van der Waals surface area contributed by atoms with Crippen LogP contribution < -0.4 is 10.6 Å². The molecule has 1 fully saturated rings. The molecule has 0 spiro atoms. The Morgan fingerprint density at radius 2 is 1.74 bits per heavy atom. The van der Waals surface area contributed by atoms with Crippen molar-refractivity contribution in [2.75, 3.05) is 5.32 Å². The highest BCUT2D eigenvalue weighted by Crippen LogP contribution is 2.20. The van der Waals surface area contributed by atoms with E-state index < -0.39 is 11.6 Å². The van der Waals surface area contributed by atoms with Gasteiger partial charge < -0.3 is 10.6 Å². The molecule has 2 heterocycles. The van der Waals surface area contributed by atoms with E-state index in [-0.39, 0.29) is 18.4 Å². The number of imide groups is 1. The molecule has 1 saturated heterocycles. The average Bonchev–Trinajstić information content (AvgIpc) is 2.84. The third kappa shape index (κ3) is 4.49. The first-order chi connectivity index (χ1) is 12.8. The maximum atomic E-state index is 12.2. The van der Waals surface area contributed by atoms with Crippen molar-refractivity contribution in [3.8, 4) is 0 Å². The molecule has 7 nitrogen and oxygen atoms in total. The fourth-order valence-electron chi connectivity index (χ4n) is 2.87. The predicted molar refractivity (Wildman–Crippen MR) is 101 cm³/mol. The van der Waals surface area contributed by atoms with Gasteiger partial charge in [0.2, 0.25) is 5.91 Å². The quantitative estimate of drug-likeness (QED) is 0.769. The van der Waals surface area contributed by atoms with E-state index in [4.69, 9.17) is 0 Å². The molecular weight excluding hydrogens is 344 g/mol. The number of aryl methyl sites for hydroxylation is 1. The Bertz CT molecular complexity index is 847. The Morgan fingerprint density at radius 3 is 2.33 bits per heavy atom. The first-order valence-electron chi connectivity index (χ1n) is 8.77. The van der Waals surface area contributed by atoms with Crippen LogP contribution in [0.25, 0.3) is 0 Å². The van der Waals surface area contributed by atoms with Crippen molar-refractivity contribution in [3.63, 3.8) is 0 Å². The zero-order chi connectivity index (χ0) is 19.4. The molecule has 1 aromatic carbocycles. The van der Waals surface area contributed by atoms with Gasteiger partial charge in [-0.2, -0.15) is 0 Å². The van der Waals surface area contributed by atoms with Crippen molar-refractivity contribution in [1.82, 2.24) is 15.2 Å². The molecular formula is C20H22N4O3. The van der Waals surface area contributed by atoms with Gasteiger partial charge in [0.1, 0.15) is 5.54 Å². The standard InChI is InChI=1S/C20H22N4O3/c1-20(2)18(26)24(19(27)23-20)13-15-3-6-16(7-4-15)22-17(25)8-5-14-9-11-21-12-10-14/h3-4,6-7,9-12H,5,8,13H2,1-2H3,(H,22,25)(H,23,27). The number of urea groups is 1. The number of pyridine rings is 1. The highest BCUT2D eigenvalue weighted by atomic mass is 16.2. The van der Waals surface area contributed by atoms with Gasteiger partial charge in [0, 0.05) is 24.5 Å². The van der Waals surface area contributed by atoms with Gasteiger partial charge in [-0.25, -0.2) is 4.79 Å². The highest BCUT2D eigenvalue weighted by Gasteiger charge is 2.43. The van der Waals surface area contributed by atoms with Crippen molar-refractivity contribution in [2.24, 2.45) is 0 Å². The summed E-state index contributed by atoms with van der Waals surface area (Å²) in [5.41, 5.74) is 1.67. The van der Waals surface area contributed by atoms with Crippen molar-refractivity contribution in [3.05, 3.63) is 59.9 Å². The second-order valence-corrected chi connectivity index (χ2v) is 7.05. The monoisotopic (exact) mass is 366 g/mol. The number of benzene rings is 1. The van der Waals surface area contributed by atoms with E-state index >= 15 is 0 Å². The van der Waals surface area contributed by atoms with Crippen LogP contribution in [0.5, 0.6) is 0 Å². The Hall–Kier alpha value is -3.22. The van der Waals surface area contributed by atoms with E-state index in [1.165, 1.54) is 4.90 Å². The van der Waals surface area contributed by atoms with Crippen molar-refractivity contribution < 1.29 is 14.4 Å². The number of nitrogens with one attached hydrogen (secondary N) is 2. The van der Waals surface area contributed by atoms with Crippen molar-refractivity contribution in [2.45, 2.75) is 38.8 Å². The molecule has 0 radical (unpaired) electrons. The zero-order valence-electron chi connectivity index (χ0n) is 15.4. The van der Waals surface area contributed by atoms with Gasteiger partial charge in [0.15, 0.2) is 0 Å². The molecule has 3 rings (SSSR count). The first kappa shape index (κ1) is 18.6. The lowest BCUT2D eigenvalue weighted by molar-refractivity contribution is -0.130. The molecule has 0 bridgehead atoms. The molecule has 1 aliphatic rings. The van der Waals surface area contributed by atoms with Gasteiger partial charge in [-0.05, 0) is 55.7 Å². The van der Waals surface area contributed by atoms with Gasteiger partial charge >= 0.3 is 6.03 Å². The van der Waals surface area contributed by atoms with Crippen LogP contribution in [0.1, 0.15) is 31.4 Å². The summed E-state index contributed by atoms with van der Waals surface area (Å²) in [5, 5.41) is 5.50. The minimum Gasteiger partial charge on any atom is -0.326 e. The molecule has 0 saturated carbocycles. The molecule has 27 heavy (non-hydrogen) atoms. The molecule has 2 N–H and O–H groups in total. The van der Waals surface area contributed by atoms with Crippen LogP contribution in [0.3, 0.4) is 0 Å². The number of hydrogen-bond donors (Lipinski definition) is 2. The van der Waals surface area contributed by atoms with Crippen molar-refractivity contribution in [1.29, 1.82) is 0 Å². The lowest BCUT2D eigenvalue weighted by Gasteiger charge is -2.16. The van der Waals surface area contributed by atoms with Crippen LogP contribution in [0.4, 0.5) is 10.5 Å². The van der Waals surface area contributed by atoms with E-state index in [1.807, 2.05) is 12.1 Å². The van der Waals surface area contributed by atoms with Gasteiger partial charge in [0.25, 0.3) is 5.91 Å². The Morgan fingerprint density at radius 1 is 1.07 bits per heavy atom. The third-order valence-electron chi connectivity index (χ3n) is 4.41. The topological polar surface area (TPSA) is 91.4 Å². The lowest BCUT2D eigenvalue weighted by atomic mass is 10.1.